The third-order valence-corrected chi connectivity index (χ3v) is 5.56. The molecule has 0 aliphatic carbocycles. The molecule has 0 aromatic rings. The quantitative estimate of drug-likeness (QED) is 0.0615. The van der Waals surface area contributed by atoms with Gasteiger partial charge in [-0.05, 0) is 19.8 Å². The van der Waals surface area contributed by atoms with E-state index in [1.807, 2.05) is 25.7 Å². The fourth-order valence-electron chi connectivity index (χ4n) is 3.15. The summed E-state index contributed by atoms with van der Waals surface area (Å²) < 4.78 is 20.2. The van der Waals surface area contributed by atoms with Crippen molar-refractivity contribution in [3.8, 4) is 0 Å². The van der Waals surface area contributed by atoms with Crippen LogP contribution in [-0.2, 0) is 42.7 Å². The van der Waals surface area contributed by atoms with Crippen molar-refractivity contribution in [3.05, 3.63) is 0 Å². The first-order valence-corrected chi connectivity index (χ1v) is 15.6. The topological polar surface area (TPSA) is 194 Å². The Labute approximate surface area is 258 Å². The number of likely N-dealkylation sites (tertiary alicyclic amines) is 1. The molecule has 0 bridgehead atoms. The molecule has 1 saturated heterocycles. The number of ether oxygens (including phenoxy) is 3. The summed E-state index contributed by atoms with van der Waals surface area (Å²) in [6.07, 6.45) is 6.31. The van der Waals surface area contributed by atoms with E-state index in [0.717, 1.165) is 32.4 Å². The SMILES string of the molecule is CC.CCCCCC(=O)N1CC[C@H](OC)C1.CCNC(=O)CNC=O.O=CNCC(=O)NCCOCCOCCOPO. The Morgan fingerprint density at radius 2 is 1.49 bits per heavy atom. The highest BCUT2D eigenvalue weighted by Crippen LogP contribution is 2.14. The summed E-state index contributed by atoms with van der Waals surface area (Å²) in [7, 11) is 1.21. The van der Waals surface area contributed by atoms with Gasteiger partial charge in [0.1, 0.15) is 0 Å². The van der Waals surface area contributed by atoms with Crippen molar-refractivity contribution in [2.45, 2.75) is 65.9 Å². The van der Waals surface area contributed by atoms with Crippen LogP contribution in [0.4, 0.5) is 0 Å². The predicted molar refractivity (Wildman–Crippen MR) is 165 cm³/mol. The molecule has 1 fully saturated rings. The van der Waals surface area contributed by atoms with Gasteiger partial charge < -0.3 is 49.8 Å². The molecule has 1 rings (SSSR count). The Balaban J connectivity index is -0.000000569. The molecule has 1 aliphatic heterocycles. The molecule has 15 nitrogen and oxygen atoms in total. The molecule has 16 heteroatoms. The van der Waals surface area contributed by atoms with Crippen molar-refractivity contribution < 1.29 is 47.6 Å². The zero-order valence-corrected chi connectivity index (χ0v) is 27.6. The van der Waals surface area contributed by atoms with E-state index >= 15 is 0 Å². The lowest BCUT2D eigenvalue weighted by Crippen LogP contribution is -2.35. The number of amides is 5. The number of carbonyl (C=O) groups excluding carboxylic acids is 5. The minimum atomic E-state index is -0.511. The molecule has 1 unspecified atom stereocenters. The van der Waals surface area contributed by atoms with Crippen LogP contribution in [0.15, 0.2) is 0 Å². The van der Waals surface area contributed by atoms with E-state index < -0.39 is 9.03 Å². The fourth-order valence-corrected chi connectivity index (χ4v) is 3.33. The van der Waals surface area contributed by atoms with Crippen molar-refractivity contribution in [3.63, 3.8) is 0 Å². The zero-order chi connectivity index (χ0) is 33.0. The summed E-state index contributed by atoms with van der Waals surface area (Å²) in [6, 6.07) is 0. The van der Waals surface area contributed by atoms with Gasteiger partial charge in [-0.25, -0.2) is 0 Å². The van der Waals surface area contributed by atoms with Crippen LogP contribution in [0.25, 0.3) is 0 Å². The normalized spacial score (nSPS) is 13.3. The monoisotopic (exact) mass is 641 g/mol. The van der Waals surface area contributed by atoms with Gasteiger partial charge in [-0.3, -0.25) is 24.0 Å². The summed E-state index contributed by atoms with van der Waals surface area (Å²) >= 11 is 0. The smallest absolute Gasteiger partial charge is 0.239 e. The van der Waals surface area contributed by atoms with Crippen LogP contribution >= 0.6 is 9.03 Å². The molecule has 1 heterocycles. The van der Waals surface area contributed by atoms with E-state index in [4.69, 9.17) is 19.1 Å². The number of likely N-dealkylation sites (N-methyl/N-ethyl adjacent to an activating group) is 1. The van der Waals surface area contributed by atoms with Gasteiger partial charge in [0.25, 0.3) is 0 Å². The first-order valence-electron chi connectivity index (χ1n) is 14.7. The van der Waals surface area contributed by atoms with Crippen LogP contribution in [0.3, 0.4) is 0 Å². The van der Waals surface area contributed by atoms with Gasteiger partial charge in [0.15, 0.2) is 9.03 Å². The average molecular weight is 642 g/mol. The number of hydrogen-bond acceptors (Lipinski definition) is 10. The summed E-state index contributed by atoms with van der Waals surface area (Å²) in [5.41, 5.74) is 0. The lowest BCUT2D eigenvalue weighted by molar-refractivity contribution is -0.130. The van der Waals surface area contributed by atoms with Crippen molar-refractivity contribution in [1.82, 2.24) is 26.2 Å². The molecule has 0 aromatic heterocycles. The predicted octanol–water partition coefficient (Wildman–Crippen LogP) is 0.108. The van der Waals surface area contributed by atoms with Crippen LogP contribution in [0.2, 0.25) is 0 Å². The molecule has 0 aromatic carbocycles. The highest BCUT2D eigenvalue weighted by molar-refractivity contribution is 7.24. The highest BCUT2D eigenvalue weighted by atomic mass is 31.1. The highest BCUT2D eigenvalue weighted by Gasteiger charge is 2.25. The number of methoxy groups -OCH3 is 1. The van der Waals surface area contributed by atoms with Crippen molar-refractivity contribution in [2.75, 3.05) is 79.4 Å². The molecular formula is C27H56N5O10P. The molecule has 0 radical (unpaired) electrons. The first-order chi connectivity index (χ1) is 20.9. The maximum atomic E-state index is 11.7. The largest absolute Gasteiger partial charge is 0.380 e. The van der Waals surface area contributed by atoms with E-state index in [2.05, 4.69) is 32.7 Å². The van der Waals surface area contributed by atoms with E-state index in [1.165, 1.54) is 6.42 Å². The summed E-state index contributed by atoms with van der Waals surface area (Å²) in [5.74, 6) is -0.119. The molecule has 0 spiro atoms. The second kappa shape index (κ2) is 37.6. The zero-order valence-electron chi connectivity index (χ0n) is 26.6. The number of nitrogens with one attached hydrogen (secondary N) is 4. The van der Waals surface area contributed by atoms with Crippen LogP contribution in [-0.4, -0.2) is 126 Å². The molecule has 1 aliphatic rings. The number of unbranched alkanes of at least 4 members (excludes halogenated alkanes) is 2. The van der Waals surface area contributed by atoms with Gasteiger partial charge >= 0.3 is 0 Å². The van der Waals surface area contributed by atoms with E-state index in [1.54, 1.807) is 7.11 Å². The van der Waals surface area contributed by atoms with Gasteiger partial charge in [-0.15, -0.1) is 0 Å². The van der Waals surface area contributed by atoms with E-state index in [0.29, 0.717) is 71.3 Å². The van der Waals surface area contributed by atoms with Crippen LogP contribution in [0.5, 0.6) is 0 Å². The molecule has 0 saturated carbocycles. The Kier molecular flexibility index (Phi) is 39.4. The summed E-state index contributed by atoms with van der Waals surface area (Å²) in [5, 5.41) is 9.57. The van der Waals surface area contributed by atoms with Gasteiger partial charge in [0.05, 0.1) is 52.2 Å². The third kappa shape index (κ3) is 33.9. The van der Waals surface area contributed by atoms with Gasteiger partial charge in [0.2, 0.25) is 30.5 Å². The average Bonchev–Trinajstić information content (AvgIpc) is 3.51. The minimum absolute atomic E-state index is 0.0296. The van der Waals surface area contributed by atoms with Crippen molar-refractivity contribution >= 4 is 39.6 Å². The molecule has 5 N–H and O–H groups in total. The fraction of sp³-hybridized carbons (Fsp3) is 0.815. The third-order valence-electron chi connectivity index (χ3n) is 5.23. The summed E-state index contributed by atoms with van der Waals surface area (Å²) in [4.78, 5) is 62.9. The Morgan fingerprint density at radius 1 is 0.907 bits per heavy atom. The van der Waals surface area contributed by atoms with Crippen LogP contribution in [0, 0.1) is 0 Å². The number of carbonyl (C=O) groups is 5. The lowest BCUT2D eigenvalue weighted by atomic mass is 10.2. The van der Waals surface area contributed by atoms with E-state index in [-0.39, 0.29) is 31.0 Å². The van der Waals surface area contributed by atoms with E-state index in [9.17, 15) is 24.0 Å². The summed E-state index contributed by atoms with van der Waals surface area (Å²) in [6.45, 7) is 12.7. The maximum absolute atomic E-state index is 11.7. The second-order valence-corrected chi connectivity index (χ2v) is 8.88. The first kappa shape index (κ1) is 45.0. The van der Waals surface area contributed by atoms with Gasteiger partial charge in [0, 0.05) is 39.7 Å². The van der Waals surface area contributed by atoms with Gasteiger partial charge in [-0.2, -0.15) is 0 Å². The lowest BCUT2D eigenvalue weighted by Gasteiger charge is -2.15. The molecular weight excluding hydrogens is 585 g/mol. The number of hydrogen-bond donors (Lipinski definition) is 5. The Morgan fingerprint density at radius 3 is 2.00 bits per heavy atom. The molecule has 2 atom stereocenters. The van der Waals surface area contributed by atoms with Crippen molar-refractivity contribution in [2.24, 2.45) is 0 Å². The number of nitrogens with zero attached hydrogens (tertiary/aromatic N) is 1. The molecule has 43 heavy (non-hydrogen) atoms. The Hall–Kier alpha value is -2.42. The Bertz CT molecular complexity index is 680. The molecule has 5 amide bonds. The molecule has 254 valence electrons. The van der Waals surface area contributed by atoms with Crippen LogP contribution in [0.1, 0.15) is 59.8 Å². The standard InChI is InChI=1S/C11H21NO2.C9H19N2O6P.C5H10N2O2.C2H6/c1-3-4-5-6-11(13)12-8-7-10(9-12)14-2;12-8-10-7-9(13)11-1-2-15-3-4-16-5-6-17-18-14;1-2-7-5(9)3-6-4-8;1-2/h10H,3-9H2,1-2H3;8,14,18H,1-7H2,(H,10,12)(H,11,13);4H,2-3H2,1H3,(H,6,8)(H,7,9);1-2H3/t10-;;;/m0.../s1. The number of rotatable bonds is 22. The van der Waals surface area contributed by atoms with Crippen molar-refractivity contribution in [1.29, 1.82) is 0 Å². The second-order valence-electron chi connectivity index (χ2n) is 8.41. The minimum Gasteiger partial charge on any atom is -0.380 e. The van der Waals surface area contributed by atoms with Gasteiger partial charge in [-0.1, -0.05) is 33.6 Å². The maximum Gasteiger partial charge on any atom is 0.239 e. The van der Waals surface area contributed by atoms with Crippen LogP contribution < -0.4 is 21.3 Å².